The van der Waals surface area contributed by atoms with Crippen LogP contribution in [0.1, 0.15) is 26.4 Å². The molecule has 1 aliphatic heterocycles. The van der Waals surface area contributed by atoms with E-state index >= 15 is 0 Å². The Hall–Kier alpha value is -2.27. The Kier molecular flexibility index (Phi) is 7.15. The Morgan fingerprint density at radius 1 is 1.13 bits per heavy atom. The fraction of sp³-hybridized carbons (Fsp3) is 0.429. The van der Waals surface area contributed by atoms with Gasteiger partial charge in [-0.1, -0.05) is 17.7 Å². The number of carbonyl (C=O) groups is 2. The minimum absolute atomic E-state index is 0.203. The lowest BCUT2D eigenvalue weighted by atomic mass is 10.1. The van der Waals surface area contributed by atoms with Gasteiger partial charge in [-0.3, -0.25) is 4.79 Å². The summed E-state index contributed by atoms with van der Waals surface area (Å²) in [6.07, 6.45) is 0. The van der Waals surface area contributed by atoms with Crippen molar-refractivity contribution in [2.24, 2.45) is 0 Å². The van der Waals surface area contributed by atoms with Crippen LogP contribution in [0.3, 0.4) is 0 Å². The molecular formula is C21H28N3O5S2+. The first-order valence-corrected chi connectivity index (χ1v) is 12.3. The quantitative estimate of drug-likeness (QED) is 0.619. The lowest BCUT2D eigenvalue weighted by Gasteiger charge is -2.31. The van der Waals surface area contributed by atoms with Crippen LogP contribution in [0.25, 0.3) is 0 Å². The van der Waals surface area contributed by atoms with Gasteiger partial charge in [0.1, 0.15) is 5.00 Å². The Morgan fingerprint density at radius 2 is 1.74 bits per heavy atom. The number of nitrogens with one attached hydrogen (secondary N) is 2. The van der Waals surface area contributed by atoms with Crippen LogP contribution in [0.15, 0.2) is 29.2 Å². The van der Waals surface area contributed by atoms with Crippen molar-refractivity contribution in [2.75, 3.05) is 45.2 Å². The van der Waals surface area contributed by atoms with Crippen LogP contribution in [0.2, 0.25) is 0 Å². The third-order valence-electron chi connectivity index (χ3n) is 5.53. The van der Waals surface area contributed by atoms with E-state index in [1.807, 2.05) is 20.8 Å². The Bertz CT molecular complexity index is 1070. The van der Waals surface area contributed by atoms with E-state index in [4.69, 9.17) is 4.74 Å². The van der Waals surface area contributed by atoms with Crippen molar-refractivity contribution < 1.29 is 27.6 Å². The summed E-state index contributed by atoms with van der Waals surface area (Å²) in [6.45, 7) is 7.60. The van der Waals surface area contributed by atoms with Gasteiger partial charge in [-0.15, -0.1) is 11.3 Å². The lowest BCUT2D eigenvalue weighted by molar-refractivity contribution is -0.895. The van der Waals surface area contributed by atoms with Crippen molar-refractivity contribution in [1.29, 1.82) is 0 Å². The van der Waals surface area contributed by atoms with Crippen LogP contribution in [-0.4, -0.2) is 64.4 Å². The molecule has 1 fully saturated rings. The van der Waals surface area contributed by atoms with Crippen molar-refractivity contribution in [3.8, 4) is 0 Å². The molecule has 3 rings (SSSR count). The summed E-state index contributed by atoms with van der Waals surface area (Å²) < 4.78 is 32.0. The number of esters is 1. The number of ether oxygens (including phenoxy) is 1. The normalized spacial score (nSPS) is 15.6. The number of amides is 1. The highest BCUT2D eigenvalue weighted by Crippen LogP contribution is 2.32. The largest absolute Gasteiger partial charge is 0.465 e. The Morgan fingerprint density at radius 3 is 2.32 bits per heavy atom. The zero-order chi connectivity index (χ0) is 22.8. The maximum Gasteiger partial charge on any atom is 0.341 e. The smallest absolute Gasteiger partial charge is 0.341 e. The zero-order valence-electron chi connectivity index (χ0n) is 18.1. The summed E-state index contributed by atoms with van der Waals surface area (Å²) in [5, 5.41) is 3.33. The average Bonchev–Trinajstić information content (AvgIpc) is 3.01. The number of piperazine rings is 1. The molecule has 0 radical (unpaired) electrons. The summed E-state index contributed by atoms with van der Waals surface area (Å²) in [5.74, 6) is -0.685. The lowest BCUT2D eigenvalue weighted by Crippen LogP contribution is -3.15. The number of hydrogen-bond donors (Lipinski definition) is 2. The molecule has 31 heavy (non-hydrogen) atoms. The Labute approximate surface area is 186 Å². The zero-order valence-corrected chi connectivity index (χ0v) is 19.8. The number of carbonyl (C=O) groups excluding carboxylic acids is 2. The number of benzene rings is 1. The number of methoxy groups -OCH3 is 1. The van der Waals surface area contributed by atoms with Crippen molar-refractivity contribution in [1.82, 2.24) is 4.31 Å². The molecule has 10 heteroatoms. The van der Waals surface area contributed by atoms with E-state index in [-0.39, 0.29) is 17.3 Å². The first-order valence-electron chi connectivity index (χ1n) is 10.0. The molecule has 2 heterocycles. The summed E-state index contributed by atoms with van der Waals surface area (Å²) >= 11 is 1.35. The standard InChI is InChI=1S/C21H27N3O5S2/c1-14-5-7-17(8-6-14)31(27,28)24-11-9-23(10-12-24)13-18(25)22-20-19(21(26)29-4)15(2)16(3)30-20/h5-8H,9-13H2,1-4H3,(H,22,25)/p+1. The molecule has 0 atom stereocenters. The first-order chi connectivity index (χ1) is 14.6. The number of anilines is 1. The molecule has 2 aromatic rings. The van der Waals surface area contributed by atoms with E-state index < -0.39 is 16.0 Å². The number of nitrogens with zero attached hydrogens (tertiary/aromatic N) is 1. The van der Waals surface area contributed by atoms with Crippen LogP contribution < -0.4 is 10.2 Å². The molecule has 1 aromatic carbocycles. The fourth-order valence-corrected chi connectivity index (χ4v) is 6.05. The van der Waals surface area contributed by atoms with Gasteiger partial charge in [0.2, 0.25) is 10.0 Å². The molecule has 0 unspecified atom stereocenters. The number of rotatable bonds is 6. The summed E-state index contributed by atoms with van der Waals surface area (Å²) in [5.41, 5.74) is 2.20. The van der Waals surface area contributed by atoms with Gasteiger partial charge in [-0.2, -0.15) is 4.31 Å². The topological polar surface area (TPSA) is 97.2 Å². The highest BCUT2D eigenvalue weighted by Gasteiger charge is 2.31. The van der Waals surface area contributed by atoms with E-state index in [0.717, 1.165) is 20.9 Å². The molecule has 0 saturated carbocycles. The molecule has 0 aliphatic carbocycles. The van der Waals surface area contributed by atoms with Crippen LogP contribution in [-0.2, 0) is 19.6 Å². The summed E-state index contributed by atoms with van der Waals surface area (Å²) in [4.78, 5) is 26.9. The molecule has 1 aliphatic rings. The van der Waals surface area contributed by atoms with Gasteiger partial charge in [0.05, 0.1) is 43.7 Å². The van der Waals surface area contributed by atoms with Gasteiger partial charge in [0.15, 0.2) is 6.54 Å². The molecule has 1 aromatic heterocycles. The van der Waals surface area contributed by atoms with Crippen LogP contribution in [0, 0.1) is 20.8 Å². The molecule has 1 saturated heterocycles. The third-order valence-corrected chi connectivity index (χ3v) is 8.56. The molecule has 1 amide bonds. The molecule has 2 N–H and O–H groups in total. The molecule has 8 nitrogen and oxygen atoms in total. The minimum atomic E-state index is -3.53. The number of quaternary nitrogens is 1. The summed E-state index contributed by atoms with van der Waals surface area (Å²) in [6, 6.07) is 6.83. The molecular weight excluding hydrogens is 438 g/mol. The van der Waals surface area contributed by atoms with Gasteiger partial charge < -0.3 is 15.0 Å². The van der Waals surface area contributed by atoms with E-state index in [1.165, 1.54) is 22.8 Å². The van der Waals surface area contributed by atoms with Crippen LogP contribution in [0.4, 0.5) is 5.00 Å². The average molecular weight is 467 g/mol. The number of aryl methyl sites for hydroxylation is 2. The van der Waals surface area contributed by atoms with Gasteiger partial charge in [-0.05, 0) is 38.5 Å². The monoisotopic (exact) mass is 466 g/mol. The number of sulfonamides is 1. The van der Waals surface area contributed by atoms with E-state index in [1.54, 1.807) is 24.3 Å². The number of thiophene rings is 1. The molecule has 0 spiro atoms. The molecule has 0 bridgehead atoms. The summed E-state index contributed by atoms with van der Waals surface area (Å²) in [7, 11) is -2.22. The van der Waals surface area contributed by atoms with Crippen LogP contribution >= 0.6 is 11.3 Å². The van der Waals surface area contributed by atoms with E-state index in [0.29, 0.717) is 36.7 Å². The SMILES string of the molecule is COC(=O)c1c(NC(=O)C[NH+]2CCN(S(=O)(=O)c3ccc(C)cc3)CC2)sc(C)c1C. The first kappa shape index (κ1) is 23.4. The van der Waals surface area contributed by atoms with Gasteiger partial charge >= 0.3 is 5.97 Å². The maximum absolute atomic E-state index is 12.8. The van der Waals surface area contributed by atoms with Gasteiger partial charge in [-0.25, -0.2) is 13.2 Å². The fourth-order valence-electron chi connectivity index (χ4n) is 3.54. The van der Waals surface area contributed by atoms with E-state index in [9.17, 15) is 18.0 Å². The number of hydrogen-bond acceptors (Lipinski definition) is 6. The highest BCUT2D eigenvalue weighted by atomic mass is 32.2. The van der Waals surface area contributed by atoms with Crippen molar-refractivity contribution >= 4 is 38.2 Å². The van der Waals surface area contributed by atoms with Gasteiger partial charge in [0, 0.05) is 4.88 Å². The van der Waals surface area contributed by atoms with E-state index in [2.05, 4.69) is 5.32 Å². The van der Waals surface area contributed by atoms with Crippen molar-refractivity contribution in [2.45, 2.75) is 25.7 Å². The second kappa shape index (κ2) is 9.47. The second-order valence-electron chi connectivity index (χ2n) is 7.67. The predicted molar refractivity (Wildman–Crippen MR) is 119 cm³/mol. The minimum Gasteiger partial charge on any atom is -0.465 e. The highest BCUT2D eigenvalue weighted by molar-refractivity contribution is 7.89. The molecule has 168 valence electrons. The van der Waals surface area contributed by atoms with Crippen LogP contribution in [0.5, 0.6) is 0 Å². The Balaban J connectivity index is 1.59. The third kappa shape index (κ3) is 5.15. The van der Waals surface area contributed by atoms with Crippen molar-refractivity contribution in [3.63, 3.8) is 0 Å². The van der Waals surface area contributed by atoms with Gasteiger partial charge in [0.25, 0.3) is 5.91 Å². The van der Waals surface area contributed by atoms with Crippen molar-refractivity contribution in [3.05, 3.63) is 45.8 Å². The second-order valence-corrected chi connectivity index (χ2v) is 10.8. The maximum atomic E-state index is 12.8. The predicted octanol–water partition coefficient (Wildman–Crippen LogP) is 0.988.